The minimum atomic E-state index is -0.994. The fourth-order valence-corrected chi connectivity index (χ4v) is 3.84. The maximum Gasteiger partial charge on any atom is 0.356 e. The molecule has 2 aromatic rings. The van der Waals surface area contributed by atoms with E-state index < -0.39 is 11.6 Å². The summed E-state index contributed by atoms with van der Waals surface area (Å²) in [7, 11) is 0. The van der Waals surface area contributed by atoms with Crippen molar-refractivity contribution in [1.29, 1.82) is 0 Å². The van der Waals surface area contributed by atoms with Gasteiger partial charge < -0.3 is 15.2 Å². The molecule has 1 spiro atoms. The summed E-state index contributed by atoms with van der Waals surface area (Å²) in [4.78, 5) is 11.9. The predicted octanol–water partition coefficient (Wildman–Crippen LogP) is 2.80. The zero-order valence-electron chi connectivity index (χ0n) is 13.9. The number of nitrogens with zero attached hydrogens (tertiary/aromatic N) is 2. The van der Waals surface area contributed by atoms with Crippen LogP contribution in [0.1, 0.15) is 48.8 Å². The van der Waals surface area contributed by atoms with E-state index in [0.717, 1.165) is 48.5 Å². The second-order valence-electron chi connectivity index (χ2n) is 6.76. The van der Waals surface area contributed by atoms with Crippen LogP contribution in [0.2, 0.25) is 0 Å². The number of aromatic nitrogens is 2. The highest BCUT2D eigenvalue weighted by Gasteiger charge is 2.47. The van der Waals surface area contributed by atoms with E-state index >= 15 is 0 Å². The number of carbonyl (C=O) groups is 1. The quantitative estimate of drug-likeness (QED) is 0.887. The molecule has 0 atom stereocenters. The Bertz CT molecular complexity index is 804. The Labute approximate surface area is 140 Å². The smallest absolute Gasteiger partial charge is 0.356 e. The predicted molar refractivity (Wildman–Crippen MR) is 89.4 cm³/mol. The van der Waals surface area contributed by atoms with E-state index in [1.807, 2.05) is 42.8 Å². The fourth-order valence-electron chi connectivity index (χ4n) is 3.84. The third-order valence-corrected chi connectivity index (χ3v) is 4.92. The van der Waals surface area contributed by atoms with E-state index in [9.17, 15) is 9.90 Å². The van der Waals surface area contributed by atoms with Crippen molar-refractivity contribution >= 4 is 5.97 Å². The van der Waals surface area contributed by atoms with Crippen molar-refractivity contribution in [2.75, 3.05) is 13.1 Å². The number of piperidine rings is 1. The summed E-state index contributed by atoms with van der Waals surface area (Å²) in [5, 5.41) is 17.5. The molecule has 1 aromatic carbocycles. The molecule has 0 bridgehead atoms. The van der Waals surface area contributed by atoms with Gasteiger partial charge in [0.2, 0.25) is 0 Å². The van der Waals surface area contributed by atoms with Crippen molar-refractivity contribution in [1.82, 2.24) is 15.1 Å². The van der Waals surface area contributed by atoms with Gasteiger partial charge in [0.15, 0.2) is 5.69 Å². The number of hydrogen-bond donors (Lipinski definition) is 2. The summed E-state index contributed by atoms with van der Waals surface area (Å²) in [5.41, 5.74) is 2.06. The van der Waals surface area contributed by atoms with Gasteiger partial charge in [-0.15, -0.1) is 0 Å². The highest BCUT2D eigenvalue weighted by Crippen LogP contribution is 2.50. The summed E-state index contributed by atoms with van der Waals surface area (Å²) >= 11 is 0. The first kappa shape index (κ1) is 15.2. The van der Waals surface area contributed by atoms with Crippen molar-refractivity contribution in [2.45, 2.75) is 38.3 Å². The second kappa shape index (κ2) is 5.34. The molecule has 3 heterocycles. The average Bonchev–Trinajstić information content (AvgIpc) is 2.98. The molecular formula is C18H21N3O3. The van der Waals surface area contributed by atoms with Crippen molar-refractivity contribution < 1.29 is 14.6 Å². The van der Waals surface area contributed by atoms with Crippen LogP contribution in [0, 0.1) is 0 Å². The lowest BCUT2D eigenvalue weighted by Gasteiger charge is -2.42. The molecular weight excluding hydrogens is 306 g/mol. The maximum absolute atomic E-state index is 11.9. The number of carboxylic acid groups (broad SMARTS) is 1. The van der Waals surface area contributed by atoms with Gasteiger partial charge in [-0.25, -0.2) is 4.79 Å². The summed E-state index contributed by atoms with van der Waals surface area (Å²) in [6.07, 6.45) is 1.47. The van der Waals surface area contributed by atoms with Crippen molar-refractivity contribution in [3.8, 4) is 17.0 Å². The number of aromatic carboxylic acids is 1. The van der Waals surface area contributed by atoms with Crippen LogP contribution >= 0.6 is 0 Å². The molecule has 1 saturated heterocycles. The molecule has 2 N–H and O–H groups in total. The SMILES string of the molecule is CC(C)n1nc(C(=O)O)c2c1-c1ccccc1OC21CCNCC1. The van der Waals surface area contributed by atoms with Crippen LogP contribution in [0.15, 0.2) is 24.3 Å². The van der Waals surface area contributed by atoms with Gasteiger partial charge in [0.1, 0.15) is 11.4 Å². The molecule has 24 heavy (non-hydrogen) atoms. The lowest BCUT2D eigenvalue weighted by atomic mass is 9.80. The van der Waals surface area contributed by atoms with Crippen LogP contribution in [-0.2, 0) is 5.60 Å². The number of nitrogens with one attached hydrogen (secondary N) is 1. The van der Waals surface area contributed by atoms with Gasteiger partial charge in [-0.2, -0.15) is 5.10 Å². The Morgan fingerprint density at radius 1 is 1.33 bits per heavy atom. The highest BCUT2D eigenvalue weighted by atomic mass is 16.5. The number of fused-ring (bicyclic) bond motifs is 4. The molecule has 6 nitrogen and oxygen atoms in total. The number of hydrogen-bond acceptors (Lipinski definition) is 4. The van der Waals surface area contributed by atoms with Crippen LogP contribution < -0.4 is 10.1 Å². The van der Waals surface area contributed by atoms with Gasteiger partial charge in [0, 0.05) is 24.4 Å². The van der Waals surface area contributed by atoms with E-state index in [2.05, 4.69) is 10.4 Å². The summed E-state index contributed by atoms with van der Waals surface area (Å²) in [6.45, 7) is 5.64. The van der Waals surface area contributed by atoms with Crippen LogP contribution in [0.25, 0.3) is 11.3 Å². The van der Waals surface area contributed by atoms with Crippen LogP contribution in [-0.4, -0.2) is 33.9 Å². The molecule has 0 aliphatic carbocycles. The average molecular weight is 327 g/mol. The van der Waals surface area contributed by atoms with E-state index in [4.69, 9.17) is 4.74 Å². The Morgan fingerprint density at radius 3 is 2.71 bits per heavy atom. The van der Waals surface area contributed by atoms with Crippen LogP contribution in [0.3, 0.4) is 0 Å². The van der Waals surface area contributed by atoms with E-state index in [1.165, 1.54) is 0 Å². The molecule has 4 rings (SSSR count). The third kappa shape index (κ3) is 2.06. The highest BCUT2D eigenvalue weighted by molar-refractivity contribution is 5.91. The first-order chi connectivity index (χ1) is 11.5. The topological polar surface area (TPSA) is 76.4 Å². The Hall–Kier alpha value is -2.34. The van der Waals surface area contributed by atoms with Gasteiger partial charge in [0.25, 0.3) is 0 Å². The minimum Gasteiger partial charge on any atom is -0.482 e. The fraction of sp³-hybridized carbons (Fsp3) is 0.444. The van der Waals surface area contributed by atoms with E-state index in [0.29, 0.717) is 0 Å². The molecule has 0 saturated carbocycles. The molecule has 2 aliphatic rings. The number of carboxylic acids is 1. The lowest BCUT2D eigenvalue weighted by molar-refractivity contribution is 0.0283. The summed E-state index contributed by atoms with van der Waals surface area (Å²) in [6, 6.07) is 7.91. The van der Waals surface area contributed by atoms with Crippen LogP contribution in [0.5, 0.6) is 5.75 Å². The van der Waals surface area contributed by atoms with Crippen molar-refractivity contribution in [3.05, 3.63) is 35.5 Å². The third-order valence-electron chi connectivity index (χ3n) is 4.92. The number of rotatable bonds is 2. The Morgan fingerprint density at radius 2 is 2.04 bits per heavy atom. The molecule has 0 amide bonds. The molecule has 0 radical (unpaired) electrons. The van der Waals surface area contributed by atoms with Gasteiger partial charge in [0.05, 0.1) is 11.3 Å². The first-order valence-electron chi connectivity index (χ1n) is 8.39. The zero-order valence-corrected chi connectivity index (χ0v) is 13.9. The maximum atomic E-state index is 11.9. The Kier molecular flexibility index (Phi) is 3.38. The summed E-state index contributed by atoms with van der Waals surface area (Å²) in [5.74, 6) is -0.183. The second-order valence-corrected chi connectivity index (χ2v) is 6.76. The first-order valence-corrected chi connectivity index (χ1v) is 8.39. The molecule has 6 heteroatoms. The van der Waals surface area contributed by atoms with Gasteiger partial charge in [-0.05, 0) is 39.1 Å². The molecule has 1 fully saturated rings. The molecule has 126 valence electrons. The zero-order chi connectivity index (χ0) is 16.9. The molecule has 0 unspecified atom stereocenters. The van der Waals surface area contributed by atoms with Crippen LogP contribution in [0.4, 0.5) is 0 Å². The number of ether oxygens (including phenoxy) is 1. The van der Waals surface area contributed by atoms with Gasteiger partial charge in [-0.1, -0.05) is 12.1 Å². The monoisotopic (exact) mass is 327 g/mol. The molecule has 1 aromatic heterocycles. The van der Waals surface area contributed by atoms with Gasteiger partial charge in [-0.3, -0.25) is 4.68 Å². The van der Waals surface area contributed by atoms with Crippen molar-refractivity contribution in [2.24, 2.45) is 0 Å². The van der Waals surface area contributed by atoms with Crippen molar-refractivity contribution in [3.63, 3.8) is 0 Å². The number of benzene rings is 1. The van der Waals surface area contributed by atoms with E-state index in [-0.39, 0.29) is 11.7 Å². The molecule has 2 aliphatic heterocycles. The normalized spacial score (nSPS) is 18.1. The minimum absolute atomic E-state index is 0.0665. The van der Waals surface area contributed by atoms with E-state index in [1.54, 1.807) is 0 Å². The van der Waals surface area contributed by atoms with Gasteiger partial charge >= 0.3 is 5.97 Å². The Balaban J connectivity index is 2.06. The number of para-hydroxylation sites is 1. The summed E-state index contributed by atoms with van der Waals surface area (Å²) < 4.78 is 8.25. The largest absolute Gasteiger partial charge is 0.482 e. The standard InChI is InChI=1S/C18H21N3O3/c1-11(2)21-16-12-5-3-4-6-13(12)24-18(7-9-19-10-8-18)14(16)15(20-21)17(22)23/h3-6,11,19H,7-10H2,1-2H3,(H,22,23). The lowest BCUT2D eigenvalue weighted by Crippen LogP contribution is -2.46.